The van der Waals surface area contributed by atoms with Crippen molar-refractivity contribution in [2.45, 2.75) is 26.8 Å². The van der Waals surface area contributed by atoms with Crippen LogP contribution in [0.1, 0.15) is 20.8 Å². The molecule has 0 aliphatic carbocycles. The third-order valence-electron chi connectivity index (χ3n) is 2.67. The number of hydrogen-bond acceptors (Lipinski definition) is 2. The summed E-state index contributed by atoms with van der Waals surface area (Å²) in [4.78, 5) is 13.7. The van der Waals surface area contributed by atoms with E-state index in [2.05, 4.69) is 0 Å². The number of rotatable bonds is 2. The minimum absolute atomic E-state index is 0.0568. The van der Waals surface area contributed by atoms with Crippen LogP contribution in [-0.2, 0) is 4.79 Å². The van der Waals surface area contributed by atoms with Gasteiger partial charge in [0.05, 0.1) is 6.04 Å². The molecule has 1 aromatic rings. The van der Waals surface area contributed by atoms with Crippen LogP contribution in [0, 0.1) is 5.41 Å². The smallest absolute Gasteiger partial charge is 0.244 e. The Bertz CT molecular complexity index is 354. The Kier molecular flexibility index (Phi) is 3.70. The van der Waals surface area contributed by atoms with Crippen molar-refractivity contribution in [1.29, 1.82) is 0 Å². The molecule has 0 spiro atoms. The second-order valence-electron chi connectivity index (χ2n) is 5.08. The van der Waals surface area contributed by atoms with E-state index < -0.39 is 6.04 Å². The zero-order chi connectivity index (χ0) is 12.3. The summed E-state index contributed by atoms with van der Waals surface area (Å²) < 4.78 is 0. The monoisotopic (exact) mass is 220 g/mol. The fourth-order valence-electron chi connectivity index (χ4n) is 1.36. The highest BCUT2D eigenvalue weighted by molar-refractivity contribution is 5.97. The first-order chi connectivity index (χ1) is 7.34. The predicted molar refractivity (Wildman–Crippen MR) is 67.3 cm³/mol. The molecule has 3 nitrogen and oxygen atoms in total. The van der Waals surface area contributed by atoms with Gasteiger partial charge in [-0.25, -0.2) is 0 Å². The third kappa shape index (κ3) is 2.83. The molecule has 0 fully saturated rings. The number of para-hydroxylation sites is 1. The van der Waals surface area contributed by atoms with Gasteiger partial charge in [-0.05, 0) is 17.5 Å². The van der Waals surface area contributed by atoms with Crippen LogP contribution in [-0.4, -0.2) is 19.0 Å². The van der Waals surface area contributed by atoms with Crippen LogP contribution in [0.4, 0.5) is 5.69 Å². The average molecular weight is 220 g/mol. The van der Waals surface area contributed by atoms with Crippen molar-refractivity contribution in [2.24, 2.45) is 11.1 Å². The van der Waals surface area contributed by atoms with Gasteiger partial charge in [-0.3, -0.25) is 4.79 Å². The van der Waals surface area contributed by atoms with Gasteiger partial charge >= 0.3 is 0 Å². The van der Waals surface area contributed by atoms with Crippen LogP contribution in [0.3, 0.4) is 0 Å². The number of nitrogens with two attached hydrogens (primary N) is 1. The summed E-state index contributed by atoms with van der Waals surface area (Å²) in [6.45, 7) is 5.90. The van der Waals surface area contributed by atoms with E-state index in [0.29, 0.717) is 0 Å². The minimum atomic E-state index is -0.488. The molecule has 0 heterocycles. The van der Waals surface area contributed by atoms with Gasteiger partial charge in [-0.2, -0.15) is 0 Å². The van der Waals surface area contributed by atoms with E-state index in [1.807, 2.05) is 51.1 Å². The second kappa shape index (κ2) is 4.66. The molecule has 0 saturated heterocycles. The molecule has 1 aromatic carbocycles. The fourth-order valence-corrected chi connectivity index (χ4v) is 1.36. The van der Waals surface area contributed by atoms with Crippen LogP contribution in [0.25, 0.3) is 0 Å². The summed E-state index contributed by atoms with van der Waals surface area (Å²) in [5.74, 6) is -0.0568. The van der Waals surface area contributed by atoms with E-state index in [1.54, 1.807) is 11.9 Å². The number of carbonyl (C=O) groups excluding carboxylic acids is 1. The summed E-state index contributed by atoms with van der Waals surface area (Å²) in [5, 5.41) is 0. The molecule has 3 heteroatoms. The molecule has 0 bridgehead atoms. The minimum Gasteiger partial charge on any atom is -0.319 e. The third-order valence-corrected chi connectivity index (χ3v) is 2.67. The summed E-state index contributed by atoms with van der Waals surface area (Å²) in [6, 6.07) is 9.04. The summed E-state index contributed by atoms with van der Waals surface area (Å²) in [5.41, 5.74) is 6.59. The first-order valence-corrected chi connectivity index (χ1v) is 5.42. The lowest BCUT2D eigenvalue weighted by Gasteiger charge is -2.30. The van der Waals surface area contributed by atoms with Crippen molar-refractivity contribution in [2.75, 3.05) is 11.9 Å². The highest BCUT2D eigenvalue weighted by Gasteiger charge is 2.30. The Hall–Kier alpha value is -1.35. The highest BCUT2D eigenvalue weighted by Crippen LogP contribution is 2.21. The number of nitrogens with zero attached hydrogens (tertiary/aromatic N) is 1. The zero-order valence-corrected chi connectivity index (χ0v) is 10.4. The predicted octanol–water partition coefficient (Wildman–Crippen LogP) is 2.02. The molecule has 1 atom stereocenters. The first kappa shape index (κ1) is 12.7. The summed E-state index contributed by atoms with van der Waals surface area (Å²) >= 11 is 0. The largest absolute Gasteiger partial charge is 0.319 e. The number of hydrogen-bond donors (Lipinski definition) is 1. The molecule has 16 heavy (non-hydrogen) atoms. The van der Waals surface area contributed by atoms with E-state index in [-0.39, 0.29) is 11.3 Å². The molecule has 0 saturated carbocycles. The van der Waals surface area contributed by atoms with Gasteiger partial charge in [-0.1, -0.05) is 39.0 Å². The van der Waals surface area contributed by atoms with Crippen LogP contribution in [0.5, 0.6) is 0 Å². The van der Waals surface area contributed by atoms with E-state index in [9.17, 15) is 4.79 Å². The number of anilines is 1. The lowest BCUT2D eigenvalue weighted by atomic mass is 9.86. The molecule has 88 valence electrons. The van der Waals surface area contributed by atoms with Crippen LogP contribution >= 0.6 is 0 Å². The van der Waals surface area contributed by atoms with Gasteiger partial charge in [0.2, 0.25) is 5.91 Å². The topological polar surface area (TPSA) is 46.3 Å². The molecule has 0 radical (unpaired) electrons. The quantitative estimate of drug-likeness (QED) is 0.829. The molecule has 0 aromatic heterocycles. The molecule has 0 aliphatic heterocycles. The number of benzene rings is 1. The normalized spacial score (nSPS) is 13.3. The Labute approximate surface area is 97.2 Å². The molecule has 1 amide bonds. The van der Waals surface area contributed by atoms with E-state index in [0.717, 1.165) is 5.69 Å². The maximum Gasteiger partial charge on any atom is 0.244 e. The first-order valence-electron chi connectivity index (χ1n) is 5.42. The van der Waals surface area contributed by atoms with Crippen molar-refractivity contribution in [1.82, 2.24) is 0 Å². The second-order valence-corrected chi connectivity index (χ2v) is 5.08. The van der Waals surface area contributed by atoms with Crippen molar-refractivity contribution < 1.29 is 4.79 Å². The van der Waals surface area contributed by atoms with Crippen molar-refractivity contribution in [3.63, 3.8) is 0 Å². The zero-order valence-electron chi connectivity index (χ0n) is 10.4. The molecular formula is C13H20N2O. The molecular weight excluding hydrogens is 200 g/mol. The molecule has 2 N–H and O–H groups in total. The number of likely N-dealkylation sites (N-methyl/N-ethyl adjacent to an activating group) is 1. The maximum atomic E-state index is 12.1. The van der Waals surface area contributed by atoms with Gasteiger partial charge < -0.3 is 10.6 Å². The maximum absolute atomic E-state index is 12.1. The molecule has 0 unspecified atom stereocenters. The van der Waals surface area contributed by atoms with Crippen LogP contribution in [0.15, 0.2) is 30.3 Å². The fraction of sp³-hybridized carbons (Fsp3) is 0.462. The van der Waals surface area contributed by atoms with Crippen molar-refractivity contribution in [3.8, 4) is 0 Å². The standard InChI is InChI=1S/C13H20N2O/c1-13(2,3)11(14)12(16)15(4)10-8-6-5-7-9-10/h5-9,11H,14H2,1-4H3/t11-/m0/s1. The van der Waals surface area contributed by atoms with Gasteiger partial charge in [0, 0.05) is 12.7 Å². The van der Waals surface area contributed by atoms with Crippen LogP contribution < -0.4 is 10.6 Å². The van der Waals surface area contributed by atoms with E-state index >= 15 is 0 Å². The lowest BCUT2D eigenvalue weighted by molar-refractivity contribution is -0.121. The Morgan fingerprint density at radius 3 is 2.19 bits per heavy atom. The van der Waals surface area contributed by atoms with Gasteiger partial charge in [-0.15, -0.1) is 0 Å². The molecule has 1 rings (SSSR count). The average Bonchev–Trinajstić information content (AvgIpc) is 2.26. The van der Waals surface area contributed by atoms with Crippen LogP contribution in [0.2, 0.25) is 0 Å². The Balaban J connectivity index is 2.84. The Morgan fingerprint density at radius 1 is 1.25 bits per heavy atom. The number of amides is 1. The number of carbonyl (C=O) groups is 1. The summed E-state index contributed by atoms with van der Waals surface area (Å²) in [6.07, 6.45) is 0. The highest BCUT2D eigenvalue weighted by atomic mass is 16.2. The van der Waals surface area contributed by atoms with Gasteiger partial charge in [0.1, 0.15) is 0 Å². The SMILES string of the molecule is CN(C(=O)[C@H](N)C(C)(C)C)c1ccccc1. The van der Waals surface area contributed by atoms with E-state index in [4.69, 9.17) is 5.73 Å². The van der Waals surface area contributed by atoms with Gasteiger partial charge in [0.25, 0.3) is 0 Å². The van der Waals surface area contributed by atoms with Crippen molar-refractivity contribution in [3.05, 3.63) is 30.3 Å². The molecule has 0 aliphatic rings. The van der Waals surface area contributed by atoms with E-state index in [1.165, 1.54) is 0 Å². The Morgan fingerprint density at radius 2 is 1.75 bits per heavy atom. The lowest BCUT2D eigenvalue weighted by Crippen LogP contribution is -2.49. The summed E-state index contributed by atoms with van der Waals surface area (Å²) in [7, 11) is 1.75. The van der Waals surface area contributed by atoms with Gasteiger partial charge in [0.15, 0.2) is 0 Å². The van der Waals surface area contributed by atoms with Crippen molar-refractivity contribution >= 4 is 11.6 Å².